The Labute approximate surface area is 111 Å². The molecule has 0 spiro atoms. The lowest BCUT2D eigenvalue weighted by Gasteiger charge is -2.25. The van der Waals surface area contributed by atoms with E-state index in [-0.39, 0.29) is 11.2 Å². The summed E-state index contributed by atoms with van der Waals surface area (Å²) in [5.74, 6) is -0.265. The van der Waals surface area contributed by atoms with Gasteiger partial charge in [-0.05, 0) is 36.5 Å². The van der Waals surface area contributed by atoms with Gasteiger partial charge >= 0.3 is 0 Å². The summed E-state index contributed by atoms with van der Waals surface area (Å²) in [6.45, 7) is 15.5. The van der Waals surface area contributed by atoms with Crippen molar-refractivity contribution in [3.05, 3.63) is 36.7 Å². The molecule has 0 radical (unpaired) electrons. The van der Waals surface area contributed by atoms with Crippen molar-refractivity contribution in [1.82, 2.24) is 5.32 Å². The van der Waals surface area contributed by atoms with Gasteiger partial charge in [-0.3, -0.25) is 0 Å². The largest absolute Gasteiger partial charge is 0.400 e. The maximum atomic E-state index is 13.4. The zero-order valence-corrected chi connectivity index (χ0v) is 12.2. The molecular formula is C15H28FNO. The Morgan fingerprint density at radius 2 is 1.94 bits per heavy atom. The average Bonchev–Trinajstić information content (AvgIpc) is 2.31. The fourth-order valence-corrected chi connectivity index (χ4v) is 1.55. The number of aliphatic hydroxyl groups is 1. The quantitative estimate of drug-likeness (QED) is 0.514. The van der Waals surface area contributed by atoms with E-state index in [2.05, 4.69) is 39.2 Å². The van der Waals surface area contributed by atoms with Crippen LogP contribution in [-0.4, -0.2) is 25.3 Å². The molecule has 0 fully saturated rings. The lowest BCUT2D eigenvalue weighted by atomic mass is 9.85. The van der Waals surface area contributed by atoms with Gasteiger partial charge in [0.05, 0.1) is 0 Å². The van der Waals surface area contributed by atoms with Gasteiger partial charge in [-0.2, -0.15) is 0 Å². The second-order valence-corrected chi connectivity index (χ2v) is 4.87. The molecule has 0 heterocycles. The SMILES string of the molecule is C=C/C=C(/F)C(=C)CC(C)(C)CNCCC.CO. The van der Waals surface area contributed by atoms with Crippen LogP contribution in [0.1, 0.15) is 33.6 Å². The number of hydrogen-bond donors (Lipinski definition) is 2. The maximum absolute atomic E-state index is 13.4. The highest BCUT2D eigenvalue weighted by molar-refractivity contribution is 5.26. The topological polar surface area (TPSA) is 32.3 Å². The number of allylic oxidation sites excluding steroid dienone is 4. The van der Waals surface area contributed by atoms with Crippen LogP contribution < -0.4 is 5.32 Å². The molecule has 3 heteroatoms. The standard InChI is InChI=1S/C14H24FN.CH4O/c1-6-8-13(15)12(3)10-14(4,5)11-16-9-7-2;1-2/h6,8,16H,1,3,7,9-11H2,2,4-5H3;2H,1H3/b13-8+;. The Hall–Kier alpha value is -0.930. The molecule has 18 heavy (non-hydrogen) atoms. The Kier molecular flexibility index (Phi) is 12.1. The van der Waals surface area contributed by atoms with Crippen LogP contribution in [0.4, 0.5) is 4.39 Å². The normalized spacial score (nSPS) is 11.6. The van der Waals surface area contributed by atoms with Crippen molar-refractivity contribution in [1.29, 1.82) is 0 Å². The minimum atomic E-state index is -0.265. The minimum absolute atomic E-state index is 0.0264. The summed E-state index contributed by atoms with van der Waals surface area (Å²) in [4.78, 5) is 0. The number of halogens is 1. The van der Waals surface area contributed by atoms with E-state index in [0.29, 0.717) is 12.0 Å². The summed E-state index contributed by atoms with van der Waals surface area (Å²) >= 11 is 0. The van der Waals surface area contributed by atoms with E-state index in [1.165, 1.54) is 12.2 Å². The number of hydrogen-bond acceptors (Lipinski definition) is 2. The van der Waals surface area contributed by atoms with Gasteiger partial charge in [0.15, 0.2) is 0 Å². The molecule has 0 aliphatic carbocycles. The van der Waals surface area contributed by atoms with E-state index in [1.807, 2.05) is 0 Å². The molecule has 0 aliphatic rings. The first-order valence-corrected chi connectivity index (χ1v) is 6.24. The lowest BCUT2D eigenvalue weighted by Crippen LogP contribution is -2.30. The molecule has 0 aromatic heterocycles. The average molecular weight is 257 g/mol. The molecule has 0 rings (SSSR count). The van der Waals surface area contributed by atoms with Crippen LogP contribution in [0.3, 0.4) is 0 Å². The van der Waals surface area contributed by atoms with Crippen molar-refractivity contribution in [2.75, 3.05) is 20.2 Å². The van der Waals surface area contributed by atoms with Gasteiger partial charge < -0.3 is 10.4 Å². The Morgan fingerprint density at radius 1 is 1.39 bits per heavy atom. The fraction of sp³-hybridized carbons (Fsp3) is 0.600. The summed E-state index contributed by atoms with van der Waals surface area (Å²) in [6.07, 6.45) is 4.57. The van der Waals surface area contributed by atoms with E-state index in [9.17, 15) is 4.39 Å². The van der Waals surface area contributed by atoms with Gasteiger partial charge in [0.1, 0.15) is 5.83 Å². The molecule has 106 valence electrons. The second-order valence-electron chi connectivity index (χ2n) is 4.87. The Morgan fingerprint density at radius 3 is 2.39 bits per heavy atom. The smallest absolute Gasteiger partial charge is 0.125 e. The predicted molar refractivity (Wildman–Crippen MR) is 78.2 cm³/mol. The molecule has 0 aromatic rings. The van der Waals surface area contributed by atoms with Crippen LogP contribution in [0.5, 0.6) is 0 Å². The zero-order valence-electron chi connectivity index (χ0n) is 12.2. The van der Waals surface area contributed by atoms with Gasteiger partial charge in [-0.25, -0.2) is 4.39 Å². The zero-order chi connectivity index (χ0) is 14.6. The van der Waals surface area contributed by atoms with Gasteiger partial charge in [0.25, 0.3) is 0 Å². The molecule has 0 aliphatic heterocycles. The van der Waals surface area contributed by atoms with Crippen molar-refractivity contribution in [2.45, 2.75) is 33.6 Å². The Bertz CT molecular complexity index is 270. The van der Waals surface area contributed by atoms with E-state index in [4.69, 9.17) is 5.11 Å². The summed E-state index contributed by atoms with van der Waals surface area (Å²) in [6, 6.07) is 0. The maximum Gasteiger partial charge on any atom is 0.125 e. The third kappa shape index (κ3) is 10.2. The van der Waals surface area contributed by atoms with E-state index < -0.39 is 0 Å². The third-order valence-electron chi connectivity index (χ3n) is 2.32. The van der Waals surface area contributed by atoms with Gasteiger partial charge in [-0.1, -0.05) is 40.0 Å². The summed E-state index contributed by atoms with van der Waals surface area (Å²) in [5.41, 5.74) is 0.571. The third-order valence-corrected chi connectivity index (χ3v) is 2.32. The molecule has 0 atom stereocenters. The van der Waals surface area contributed by atoms with Crippen molar-refractivity contribution in [3.8, 4) is 0 Å². The molecule has 0 bridgehead atoms. The molecule has 2 N–H and O–H groups in total. The monoisotopic (exact) mass is 257 g/mol. The predicted octanol–water partition coefficient (Wildman–Crippen LogP) is 3.61. The van der Waals surface area contributed by atoms with Crippen LogP contribution in [0, 0.1) is 5.41 Å². The highest BCUT2D eigenvalue weighted by atomic mass is 19.1. The highest BCUT2D eigenvalue weighted by Crippen LogP contribution is 2.27. The van der Waals surface area contributed by atoms with Crippen LogP contribution in [0.25, 0.3) is 0 Å². The molecule has 0 amide bonds. The van der Waals surface area contributed by atoms with Gasteiger partial charge in [0, 0.05) is 13.7 Å². The van der Waals surface area contributed by atoms with Crippen LogP contribution in [-0.2, 0) is 0 Å². The summed E-state index contributed by atoms with van der Waals surface area (Å²) in [5, 5.41) is 10.3. The Balaban J connectivity index is 0. The molecule has 0 saturated carbocycles. The lowest BCUT2D eigenvalue weighted by molar-refractivity contribution is 0.336. The van der Waals surface area contributed by atoms with Crippen LogP contribution in [0.15, 0.2) is 36.7 Å². The van der Waals surface area contributed by atoms with E-state index in [0.717, 1.165) is 26.6 Å². The van der Waals surface area contributed by atoms with Crippen molar-refractivity contribution >= 4 is 0 Å². The van der Waals surface area contributed by atoms with Gasteiger partial charge in [-0.15, -0.1) is 0 Å². The van der Waals surface area contributed by atoms with Crippen molar-refractivity contribution < 1.29 is 9.50 Å². The first kappa shape index (κ1) is 19.4. The van der Waals surface area contributed by atoms with Gasteiger partial charge in [0.2, 0.25) is 0 Å². The second kappa shape index (κ2) is 11.2. The number of nitrogens with one attached hydrogen (secondary N) is 1. The summed E-state index contributed by atoms with van der Waals surface area (Å²) < 4.78 is 13.4. The van der Waals surface area contributed by atoms with Crippen molar-refractivity contribution in [2.24, 2.45) is 5.41 Å². The van der Waals surface area contributed by atoms with E-state index in [1.54, 1.807) is 0 Å². The first-order valence-electron chi connectivity index (χ1n) is 6.24. The molecule has 0 unspecified atom stereocenters. The number of rotatable bonds is 8. The first-order chi connectivity index (χ1) is 8.43. The van der Waals surface area contributed by atoms with Crippen LogP contribution in [0.2, 0.25) is 0 Å². The summed E-state index contributed by atoms with van der Waals surface area (Å²) in [7, 11) is 1.00. The molecule has 0 saturated heterocycles. The highest BCUT2D eigenvalue weighted by Gasteiger charge is 2.19. The molecular weight excluding hydrogens is 229 g/mol. The fourth-order valence-electron chi connectivity index (χ4n) is 1.55. The molecule has 2 nitrogen and oxygen atoms in total. The molecule has 0 aromatic carbocycles. The minimum Gasteiger partial charge on any atom is -0.400 e. The van der Waals surface area contributed by atoms with Crippen molar-refractivity contribution in [3.63, 3.8) is 0 Å². The van der Waals surface area contributed by atoms with E-state index >= 15 is 0 Å². The number of aliphatic hydroxyl groups excluding tert-OH is 1. The van der Waals surface area contributed by atoms with Crippen LogP contribution >= 0.6 is 0 Å².